The summed E-state index contributed by atoms with van der Waals surface area (Å²) in [6.07, 6.45) is 0.942. The van der Waals surface area contributed by atoms with Gasteiger partial charge in [0.1, 0.15) is 17.6 Å². The van der Waals surface area contributed by atoms with E-state index >= 15 is 0 Å². The predicted molar refractivity (Wildman–Crippen MR) is 97.5 cm³/mol. The van der Waals surface area contributed by atoms with Crippen molar-refractivity contribution in [1.29, 1.82) is 0 Å². The molecule has 128 valence electrons. The molecule has 0 saturated carbocycles. The predicted octanol–water partition coefficient (Wildman–Crippen LogP) is 4.52. The van der Waals surface area contributed by atoms with Gasteiger partial charge in [0.25, 0.3) is 0 Å². The van der Waals surface area contributed by atoms with Crippen LogP contribution in [0.4, 0.5) is 0 Å². The second kappa shape index (κ2) is 6.86. The van der Waals surface area contributed by atoms with Crippen molar-refractivity contribution in [2.24, 2.45) is 0 Å². The monoisotopic (exact) mass is 354 g/mol. The van der Waals surface area contributed by atoms with Gasteiger partial charge in [-0.15, -0.1) is 11.3 Å². The topological polar surface area (TPSA) is 44.8 Å². The van der Waals surface area contributed by atoms with Crippen LogP contribution < -0.4 is 9.47 Å². The van der Waals surface area contributed by atoms with Crippen LogP contribution in [0, 0.1) is 0 Å². The van der Waals surface area contributed by atoms with Crippen molar-refractivity contribution in [1.82, 2.24) is 0 Å². The average molecular weight is 354 g/mol. The summed E-state index contributed by atoms with van der Waals surface area (Å²) in [5.41, 5.74) is 1.28. The molecule has 0 bridgehead atoms. The van der Waals surface area contributed by atoms with Crippen LogP contribution in [0.25, 0.3) is 10.8 Å². The van der Waals surface area contributed by atoms with Gasteiger partial charge in [-0.2, -0.15) is 0 Å². The maximum atomic E-state index is 12.3. The molecule has 0 radical (unpaired) electrons. The molecule has 1 aliphatic heterocycles. The lowest BCUT2D eigenvalue weighted by Gasteiger charge is -2.22. The molecule has 5 heteroatoms. The van der Waals surface area contributed by atoms with Gasteiger partial charge in [-0.05, 0) is 58.5 Å². The first-order valence-corrected chi connectivity index (χ1v) is 9.07. The van der Waals surface area contributed by atoms with Crippen LogP contribution in [-0.4, -0.2) is 19.7 Å². The molecule has 1 aromatic heterocycles. The van der Waals surface area contributed by atoms with Gasteiger partial charge in [0.15, 0.2) is 0 Å². The lowest BCUT2D eigenvalue weighted by Crippen LogP contribution is -2.19. The van der Waals surface area contributed by atoms with Gasteiger partial charge in [-0.1, -0.05) is 12.1 Å². The zero-order valence-electron chi connectivity index (χ0n) is 13.9. The summed E-state index contributed by atoms with van der Waals surface area (Å²) in [7, 11) is 1.63. The van der Waals surface area contributed by atoms with Gasteiger partial charge >= 0.3 is 5.97 Å². The van der Waals surface area contributed by atoms with Gasteiger partial charge in [0, 0.05) is 4.88 Å². The number of ether oxygens (including phenoxy) is 3. The van der Waals surface area contributed by atoms with Gasteiger partial charge < -0.3 is 14.2 Å². The highest BCUT2D eigenvalue weighted by Gasteiger charge is 2.25. The summed E-state index contributed by atoms with van der Waals surface area (Å²) in [5.74, 6) is 1.03. The van der Waals surface area contributed by atoms with Crippen molar-refractivity contribution >= 4 is 28.1 Å². The van der Waals surface area contributed by atoms with Gasteiger partial charge in [-0.3, -0.25) is 4.79 Å². The number of esters is 1. The van der Waals surface area contributed by atoms with Gasteiger partial charge in [0.05, 0.1) is 20.1 Å². The van der Waals surface area contributed by atoms with Crippen LogP contribution >= 0.6 is 11.3 Å². The first kappa shape index (κ1) is 16.1. The van der Waals surface area contributed by atoms with E-state index in [9.17, 15) is 4.79 Å². The van der Waals surface area contributed by atoms with Crippen LogP contribution in [0.2, 0.25) is 0 Å². The highest BCUT2D eigenvalue weighted by molar-refractivity contribution is 7.10. The van der Waals surface area contributed by atoms with Crippen molar-refractivity contribution < 1.29 is 19.0 Å². The Kier molecular flexibility index (Phi) is 4.42. The van der Waals surface area contributed by atoms with E-state index in [0.29, 0.717) is 12.4 Å². The Morgan fingerprint density at radius 1 is 1.16 bits per heavy atom. The molecule has 0 aliphatic carbocycles. The van der Waals surface area contributed by atoms with Crippen LogP contribution in [0.5, 0.6) is 11.5 Å². The normalized spacial score (nSPS) is 16.4. The fourth-order valence-corrected chi connectivity index (χ4v) is 4.10. The largest absolute Gasteiger partial charge is 0.497 e. The standard InChI is InChI=1S/C20H18O4S/c1-22-16-4-2-13-3-5-17(11-15(13)10-16)24-19(21)12-18-20-14(6-8-23-18)7-9-25-20/h2-5,7,9-11,18H,6,8,12H2,1H3/t18-/m1/s1. The number of carbonyl (C=O) groups excluding carboxylic acids is 1. The summed E-state index contributed by atoms with van der Waals surface area (Å²) in [6, 6.07) is 13.5. The Labute approximate surface area is 149 Å². The second-order valence-electron chi connectivity index (χ2n) is 5.97. The maximum Gasteiger partial charge on any atom is 0.314 e. The molecule has 1 atom stereocenters. The van der Waals surface area contributed by atoms with Crippen LogP contribution in [-0.2, 0) is 16.0 Å². The number of thiophene rings is 1. The molecule has 0 amide bonds. The van der Waals surface area contributed by atoms with E-state index in [1.165, 1.54) is 5.56 Å². The Hall–Kier alpha value is -2.37. The number of hydrogen-bond donors (Lipinski definition) is 0. The SMILES string of the molecule is COc1ccc2ccc(OC(=O)C[C@H]3OCCc4ccsc43)cc2c1. The number of fused-ring (bicyclic) bond motifs is 2. The summed E-state index contributed by atoms with van der Waals surface area (Å²) < 4.78 is 16.5. The molecule has 4 rings (SSSR count). The van der Waals surface area contributed by atoms with Gasteiger partial charge in [0.2, 0.25) is 0 Å². The van der Waals surface area contributed by atoms with E-state index in [4.69, 9.17) is 14.2 Å². The Bertz CT molecular complexity index is 915. The summed E-state index contributed by atoms with van der Waals surface area (Å²) >= 11 is 1.64. The third-order valence-corrected chi connectivity index (χ3v) is 5.42. The lowest BCUT2D eigenvalue weighted by molar-refractivity contribution is -0.137. The number of rotatable bonds is 4. The molecular weight excluding hydrogens is 336 g/mol. The number of methoxy groups -OCH3 is 1. The van der Waals surface area contributed by atoms with E-state index in [2.05, 4.69) is 6.07 Å². The molecule has 25 heavy (non-hydrogen) atoms. The van der Waals surface area contributed by atoms with Crippen molar-refractivity contribution in [2.75, 3.05) is 13.7 Å². The van der Waals surface area contributed by atoms with Crippen LogP contribution in [0.1, 0.15) is 23.0 Å². The molecule has 2 aromatic carbocycles. The quantitative estimate of drug-likeness (QED) is 0.510. The lowest BCUT2D eigenvalue weighted by atomic mass is 10.1. The Morgan fingerprint density at radius 3 is 2.80 bits per heavy atom. The van der Waals surface area contributed by atoms with E-state index < -0.39 is 0 Å². The molecule has 0 spiro atoms. The molecule has 1 aliphatic rings. The molecule has 3 aromatic rings. The molecule has 2 heterocycles. The Balaban J connectivity index is 1.49. The van der Waals surface area contributed by atoms with Crippen LogP contribution in [0.3, 0.4) is 0 Å². The maximum absolute atomic E-state index is 12.3. The zero-order valence-corrected chi connectivity index (χ0v) is 14.7. The molecule has 0 N–H and O–H groups in total. The fourth-order valence-electron chi connectivity index (χ4n) is 3.09. The van der Waals surface area contributed by atoms with Crippen LogP contribution in [0.15, 0.2) is 47.8 Å². The van der Waals surface area contributed by atoms with Crippen molar-refractivity contribution in [2.45, 2.75) is 18.9 Å². The minimum Gasteiger partial charge on any atom is -0.497 e. The number of hydrogen-bond acceptors (Lipinski definition) is 5. The summed E-state index contributed by atoms with van der Waals surface area (Å²) in [5, 5.41) is 4.09. The molecule has 0 unspecified atom stereocenters. The van der Waals surface area contributed by atoms with Crippen molar-refractivity contribution in [3.05, 3.63) is 58.3 Å². The summed E-state index contributed by atoms with van der Waals surface area (Å²) in [4.78, 5) is 13.5. The first-order valence-electron chi connectivity index (χ1n) is 8.19. The third-order valence-electron chi connectivity index (χ3n) is 4.37. The average Bonchev–Trinajstić information content (AvgIpc) is 3.11. The highest BCUT2D eigenvalue weighted by Crippen LogP contribution is 2.34. The van der Waals surface area contributed by atoms with Crippen molar-refractivity contribution in [3.63, 3.8) is 0 Å². The van der Waals surface area contributed by atoms with E-state index in [1.807, 2.05) is 41.8 Å². The minimum atomic E-state index is -0.284. The molecule has 4 nitrogen and oxygen atoms in total. The number of benzene rings is 2. The van der Waals surface area contributed by atoms with E-state index in [-0.39, 0.29) is 18.5 Å². The molecule has 0 fully saturated rings. The smallest absolute Gasteiger partial charge is 0.314 e. The molecule has 0 saturated heterocycles. The highest BCUT2D eigenvalue weighted by atomic mass is 32.1. The minimum absolute atomic E-state index is 0.197. The molecular formula is C20H18O4S. The zero-order chi connectivity index (χ0) is 17.2. The van der Waals surface area contributed by atoms with Crippen molar-refractivity contribution in [3.8, 4) is 11.5 Å². The summed E-state index contributed by atoms with van der Waals surface area (Å²) in [6.45, 7) is 0.650. The second-order valence-corrected chi connectivity index (χ2v) is 6.92. The third kappa shape index (κ3) is 3.38. The first-order chi connectivity index (χ1) is 12.2. The van der Waals surface area contributed by atoms with E-state index in [0.717, 1.165) is 27.8 Å². The Morgan fingerprint density at radius 2 is 1.96 bits per heavy atom. The number of carbonyl (C=O) groups is 1. The fraction of sp³-hybridized carbons (Fsp3) is 0.250. The van der Waals surface area contributed by atoms with E-state index in [1.54, 1.807) is 18.4 Å². The van der Waals surface area contributed by atoms with Gasteiger partial charge in [-0.25, -0.2) is 0 Å².